The predicted molar refractivity (Wildman–Crippen MR) is 86.1 cm³/mol. The number of hydrogen-bond donors (Lipinski definition) is 2. The maximum atomic E-state index is 12.3. The minimum absolute atomic E-state index is 0.0721. The molecule has 0 radical (unpaired) electrons. The summed E-state index contributed by atoms with van der Waals surface area (Å²) in [6, 6.07) is 7.27. The van der Waals surface area contributed by atoms with Crippen LogP contribution in [0.3, 0.4) is 0 Å². The first-order chi connectivity index (χ1) is 10.1. The van der Waals surface area contributed by atoms with Gasteiger partial charge in [0.25, 0.3) is 10.0 Å². The minimum Gasteiger partial charge on any atom is -0.332 e. The number of H-pyrrole nitrogens is 1. The van der Waals surface area contributed by atoms with E-state index in [-0.39, 0.29) is 5.03 Å². The van der Waals surface area contributed by atoms with E-state index in [0.717, 1.165) is 4.90 Å². The second-order valence-electron chi connectivity index (χ2n) is 4.25. The topological polar surface area (TPSA) is 74.8 Å². The number of sulfonamides is 1. The molecule has 0 aliphatic carbocycles. The monoisotopic (exact) mass is 323 g/mol. The standard InChI is InChI=1S/C14H17N3O2S2/c1-3-9-20-12-8-6-5-7-11(12)17-21(18,19)14-10-15-13(4-2)16-14/h3,5-8,10,17H,1,4,9H2,2H3,(H,15,16). The quantitative estimate of drug-likeness (QED) is 0.606. The largest absolute Gasteiger partial charge is 0.332 e. The lowest BCUT2D eigenvalue weighted by molar-refractivity contribution is 0.598. The summed E-state index contributed by atoms with van der Waals surface area (Å²) >= 11 is 1.52. The number of nitrogens with zero attached hydrogens (tertiary/aromatic N) is 1. The first-order valence-electron chi connectivity index (χ1n) is 6.46. The number of hydrogen-bond acceptors (Lipinski definition) is 4. The Balaban J connectivity index is 2.26. The number of para-hydroxylation sites is 1. The molecule has 0 bridgehead atoms. The van der Waals surface area contributed by atoms with Gasteiger partial charge in [-0.05, 0) is 12.1 Å². The van der Waals surface area contributed by atoms with Crippen molar-refractivity contribution in [3.05, 3.63) is 48.9 Å². The Morgan fingerprint density at radius 2 is 2.19 bits per heavy atom. The van der Waals surface area contributed by atoms with Gasteiger partial charge in [-0.2, -0.15) is 8.42 Å². The number of imidazole rings is 1. The second kappa shape index (κ2) is 6.82. The van der Waals surface area contributed by atoms with Gasteiger partial charge in [-0.3, -0.25) is 4.72 Å². The lowest BCUT2D eigenvalue weighted by Crippen LogP contribution is -2.14. The molecule has 7 heteroatoms. The van der Waals surface area contributed by atoms with Crippen LogP contribution in [0.15, 0.2) is 53.0 Å². The van der Waals surface area contributed by atoms with Gasteiger partial charge >= 0.3 is 0 Å². The van der Waals surface area contributed by atoms with E-state index in [9.17, 15) is 8.42 Å². The van der Waals surface area contributed by atoms with Crippen LogP contribution in [-0.2, 0) is 16.4 Å². The molecule has 0 saturated carbocycles. The van der Waals surface area contributed by atoms with Crippen LogP contribution < -0.4 is 4.72 Å². The molecule has 0 aliphatic rings. The Morgan fingerprint density at radius 1 is 1.43 bits per heavy atom. The summed E-state index contributed by atoms with van der Waals surface area (Å²) in [5.41, 5.74) is 0.553. The number of thioether (sulfide) groups is 1. The van der Waals surface area contributed by atoms with Crippen LogP contribution in [-0.4, -0.2) is 24.1 Å². The van der Waals surface area contributed by atoms with Crippen molar-refractivity contribution in [1.29, 1.82) is 0 Å². The van der Waals surface area contributed by atoms with E-state index in [1.54, 1.807) is 18.2 Å². The SMILES string of the molecule is C=CCSc1ccccc1NS(=O)(=O)c1cnc(CC)[nH]1. The molecule has 0 aliphatic heterocycles. The number of aromatic amines is 1. The zero-order chi connectivity index (χ0) is 15.3. The van der Waals surface area contributed by atoms with Gasteiger partial charge in [0, 0.05) is 17.1 Å². The summed E-state index contributed by atoms with van der Waals surface area (Å²) < 4.78 is 27.3. The van der Waals surface area contributed by atoms with Gasteiger partial charge in [-0.15, -0.1) is 18.3 Å². The number of anilines is 1. The Labute approximate surface area is 128 Å². The van der Waals surface area contributed by atoms with Gasteiger partial charge in [0.2, 0.25) is 0 Å². The van der Waals surface area contributed by atoms with Crippen molar-refractivity contribution in [2.45, 2.75) is 23.3 Å². The maximum Gasteiger partial charge on any atom is 0.279 e. The molecule has 1 aromatic heterocycles. The van der Waals surface area contributed by atoms with E-state index in [4.69, 9.17) is 0 Å². The fourth-order valence-corrected chi connectivity index (χ4v) is 3.52. The fourth-order valence-electron chi connectivity index (χ4n) is 1.68. The van der Waals surface area contributed by atoms with Gasteiger partial charge in [-0.25, -0.2) is 4.98 Å². The Kier molecular flexibility index (Phi) is 5.08. The maximum absolute atomic E-state index is 12.3. The first kappa shape index (κ1) is 15.7. The number of nitrogens with one attached hydrogen (secondary N) is 2. The van der Waals surface area contributed by atoms with Gasteiger partial charge < -0.3 is 4.98 Å². The summed E-state index contributed by atoms with van der Waals surface area (Å²) in [5.74, 6) is 1.35. The molecule has 1 heterocycles. The third kappa shape index (κ3) is 3.89. The molecule has 0 spiro atoms. The summed E-state index contributed by atoms with van der Waals surface area (Å²) in [4.78, 5) is 7.68. The van der Waals surface area contributed by atoms with Gasteiger partial charge in [0.05, 0.1) is 11.9 Å². The normalized spacial score (nSPS) is 11.3. The van der Waals surface area contributed by atoms with E-state index < -0.39 is 10.0 Å². The average molecular weight is 323 g/mol. The summed E-state index contributed by atoms with van der Waals surface area (Å²) in [6.45, 7) is 5.57. The van der Waals surface area contributed by atoms with Crippen LogP contribution >= 0.6 is 11.8 Å². The fraction of sp³-hybridized carbons (Fsp3) is 0.214. The highest BCUT2D eigenvalue weighted by Gasteiger charge is 2.18. The Morgan fingerprint density at radius 3 is 2.86 bits per heavy atom. The number of aromatic nitrogens is 2. The van der Waals surface area contributed by atoms with Crippen LogP contribution in [0.4, 0.5) is 5.69 Å². The number of benzene rings is 1. The van der Waals surface area contributed by atoms with Crippen molar-refractivity contribution >= 4 is 27.5 Å². The number of aryl methyl sites for hydroxylation is 1. The van der Waals surface area contributed by atoms with E-state index in [0.29, 0.717) is 23.7 Å². The Bertz CT molecular complexity index is 723. The smallest absolute Gasteiger partial charge is 0.279 e. The third-order valence-electron chi connectivity index (χ3n) is 2.72. The van der Waals surface area contributed by atoms with E-state index >= 15 is 0 Å². The highest BCUT2D eigenvalue weighted by atomic mass is 32.2. The van der Waals surface area contributed by atoms with Crippen molar-refractivity contribution in [3.63, 3.8) is 0 Å². The molecule has 112 valence electrons. The predicted octanol–water partition coefficient (Wildman–Crippen LogP) is 3.05. The molecular formula is C14H17N3O2S2. The molecule has 2 rings (SSSR count). The summed E-state index contributed by atoms with van der Waals surface area (Å²) in [7, 11) is -3.66. The van der Waals surface area contributed by atoms with Crippen molar-refractivity contribution < 1.29 is 8.42 Å². The highest BCUT2D eigenvalue weighted by Crippen LogP contribution is 2.28. The molecule has 0 fully saturated rings. The number of rotatable bonds is 7. The van der Waals surface area contributed by atoms with Crippen LogP contribution in [0.5, 0.6) is 0 Å². The summed E-state index contributed by atoms with van der Waals surface area (Å²) in [6.07, 6.45) is 3.76. The van der Waals surface area contributed by atoms with Crippen LogP contribution in [0.25, 0.3) is 0 Å². The van der Waals surface area contributed by atoms with Crippen LogP contribution in [0.2, 0.25) is 0 Å². The second-order valence-corrected chi connectivity index (χ2v) is 6.96. The van der Waals surface area contributed by atoms with Gasteiger partial charge in [0.1, 0.15) is 5.82 Å². The molecular weight excluding hydrogens is 306 g/mol. The van der Waals surface area contributed by atoms with Crippen LogP contribution in [0, 0.1) is 0 Å². The molecule has 0 atom stereocenters. The molecule has 5 nitrogen and oxygen atoms in total. The van der Waals surface area contributed by atoms with Crippen molar-refractivity contribution in [2.75, 3.05) is 10.5 Å². The molecule has 2 aromatic rings. The van der Waals surface area contributed by atoms with Crippen molar-refractivity contribution in [1.82, 2.24) is 9.97 Å². The molecule has 1 aromatic carbocycles. The van der Waals surface area contributed by atoms with E-state index in [1.807, 2.05) is 19.1 Å². The average Bonchev–Trinajstić information content (AvgIpc) is 2.96. The van der Waals surface area contributed by atoms with Crippen LogP contribution in [0.1, 0.15) is 12.7 Å². The third-order valence-corrected chi connectivity index (χ3v) is 5.06. The van der Waals surface area contributed by atoms with Crippen molar-refractivity contribution in [2.24, 2.45) is 0 Å². The summed E-state index contributed by atoms with van der Waals surface area (Å²) in [5, 5.41) is 0.0721. The molecule has 0 saturated heterocycles. The lowest BCUT2D eigenvalue weighted by Gasteiger charge is -2.10. The highest BCUT2D eigenvalue weighted by molar-refractivity contribution is 7.99. The minimum atomic E-state index is -3.66. The zero-order valence-corrected chi connectivity index (χ0v) is 13.3. The molecule has 2 N–H and O–H groups in total. The van der Waals surface area contributed by atoms with Gasteiger partial charge in [-0.1, -0.05) is 25.1 Å². The Hall–Kier alpha value is -1.73. The molecule has 21 heavy (non-hydrogen) atoms. The van der Waals surface area contributed by atoms with Crippen molar-refractivity contribution in [3.8, 4) is 0 Å². The molecule has 0 amide bonds. The lowest BCUT2D eigenvalue weighted by atomic mass is 10.3. The zero-order valence-electron chi connectivity index (χ0n) is 11.7. The molecule has 0 unspecified atom stereocenters. The van der Waals surface area contributed by atoms with E-state index in [2.05, 4.69) is 21.3 Å². The van der Waals surface area contributed by atoms with Gasteiger partial charge in [0.15, 0.2) is 5.03 Å². The van der Waals surface area contributed by atoms with E-state index in [1.165, 1.54) is 18.0 Å². The first-order valence-corrected chi connectivity index (χ1v) is 8.93.